The molecule has 0 bridgehead atoms. The van der Waals surface area contributed by atoms with Gasteiger partial charge in [-0.05, 0) is 43.2 Å². The quantitative estimate of drug-likeness (QED) is 0.873. The van der Waals surface area contributed by atoms with Crippen molar-refractivity contribution in [3.8, 4) is 0 Å². The van der Waals surface area contributed by atoms with Gasteiger partial charge in [-0.15, -0.1) is 0 Å². The zero-order valence-electron chi connectivity index (χ0n) is 15.4. The van der Waals surface area contributed by atoms with E-state index in [4.69, 9.17) is 0 Å². The first-order valence-corrected chi connectivity index (χ1v) is 10.1. The van der Waals surface area contributed by atoms with Crippen LogP contribution in [0.1, 0.15) is 56.1 Å². The molecule has 0 radical (unpaired) electrons. The summed E-state index contributed by atoms with van der Waals surface area (Å²) in [5.74, 6) is 0.139. The van der Waals surface area contributed by atoms with Crippen LogP contribution >= 0.6 is 0 Å². The summed E-state index contributed by atoms with van der Waals surface area (Å²) in [5.41, 5.74) is 2.51. The summed E-state index contributed by atoms with van der Waals surface area (Å²) in [6.45, 7) is 1.42. The predicted molar refractivity (Wildman–Crippen MR) is 101 cm³/mol. The summed E-state index contributed by atoms with van der Waals surface area (Å²) >= 11 is 0. The van der Waals surface area contributed by atoms with Gasteiger partial charge in [0.25, 0.3) is 0 Å². The van der Waals surface area contributed by atoms with Crippen molar-refractivity contribution in [2.24, 2.45) is 0 Å². The van der Waals surface area contributed by atoms with E-state index in [0.717, 1.165) is 32.2 Å². The first-order valence-electron chi connectivity index (χ1n) is 10.1. The highest BCUT2D eigenvalue weighted by molar-refractivity contribution is 5.90. The van der Waals surface area contributed by atoms with Crippen LogP contribution in [0.5, 0.6) is 0 Å². The summed E-state index contributed by atoms with van der Waals surface area (Å²) in [7, 11) is 0. The molecule has 2 heterocycles. The van der Waals surface area contributed by atoms with Crippen molar-refractivity contribution < 1.29 is 9.59 Å². The molecule has 2 N–H and O–H groups in total. The Hall–Kier alpha value is -1.88. The van der Waals surface area contributed by atoms with Gasteiger partial charge in [-0.2, -0.15) is 0 Å². The van der Waals surface area contributed by atoms with E-state index in [0.29, 0.717) is 19.0 Å². The third-order valence-electron chi connectivity index (χ3n) is 6.17. The molecule has 1 aliphatic carbocycles. The molecule has 1 saturated carbocycles. The zero-order chi connectivity index (χ0) is 17.9. The molecule has 26 heavy (non-hydrogen) atoms. The molecular formula is C21H29N3O2. The Morgan fingerprint density at radius 3 is 2.58 bits per heavy atom. The van der Waals surface area contributed by atoms with Crippen molar-refractivity contribution >= 4 is 11.8 Å². The van der Waals surface area contributed by atoms with Crippen molar-refractivity contribution in [1.29, 1.82) is 0 Å². The minimum atomic E-state index is -0.289. The molecule has 2 amide bonds. The summed E-state index contributed by atoms with van der Waals surface area (Å²) in [4.78, 5) is 27.7. The summed E-state index contributed by atoms with van der Waals surface area (Å²) < 4.78 is 0. The van der Waals surface area contributed by atoms with E-state index in [2.05, 4.69) is 22.8 Å². The van der Waals surface area contributed by atoms with E-state index in [1.54, 1.807) is 0 Å². The Kier molecular flexibility index (Phi) is 5.25. The topological polar surface area (TPSA) is 61.4 Å². The van der Waals surface area contributed by atoms with Crippen LogP contribution in [0.2, 0.25) is 0 Å². The van der Waals surface area contributed by atoms with Gasteiger partial charge >= 0.3 is 0 Å². The van der Waals surface area contributed by atoms with Crippen LogP contribution in [0.25, 0.3) is 0 Å². The van der Waals surface area contributed by atoms with E-state index >= 15 is 0 Å². The van der Waals surface area contributed by atoms with Crippen LogP contribution in [-0.2, 0) is 22.6 Å². The lowest BCUT2D eigenvalue weighted by molar-refractivity contribution is -0.140. The highest BCUT2D eigenvalue weighted by Gasteiger charge is 2.38. The van der Waals surface area contributed by atoms with E-state index in [1.165, 1.54) is 30.4 Å². The van der Waals surface area contributed by atoms with Crippen LogP contribution in [-0.4, -0.2) is 41.4 Å². The van der Waals surface area contributed by atoms with Crippen LogP contribution in [0.4, 0.5) is 0 Å². The zero-order valence-corrected chi connectivity index (χ0v) is 15.4. The normalized spacial score (nSPS) is 26.4. The maximum Gasteiger partial charge on any atom is 0.243 e. The van der Waals surface area contributed by atoms with Gasteiger partial charge in [0, 0.05) is 19.1 Å². The molecule has 0 unspecified atom stereocenters. The molecule has 3 aliphatic rings. The second kappa shape index (κ2) is 7.78. The fourth-order valence-corrected chi connectivity index (χ4v) is 4.68. The predicted octanol–water partition coefficient (Wildman–Crippen LogP) is 2.14. The first-order chi connectivity index (χ1) is 12.7. The standard InChI is InChI=1S/C21H29N3O2/c25-20(23-17-9-2-1-3-10-17)19-11-6-12-24(19)21(26)18-13-15-7-4-5-8-16(15)14-22-18/h4-5,7-8,17-19,22H,1-3,6,9-14H2,(H,23,25)/t18-,19+/m0/s1. The van der Waals surface area contributed by atoms with E-state index in [1.807, 2.05) is 17.0 Å². The summed E-state index contributed by atoms with van der Waals surface area (Å²) in [6, 6.07) is 8.08. The molecule has 2 atom stereocenters. The van der Waals surface area contributed by atoms with E-state index < -0.39 is 0 Å². The third-order valence-corrected chi connectivity index (χ3v) is 6.17. The van der Waals surface area contributed by atoms with Gasteiger partial charge in [0.15, 0.2) is 0 Å². The third kappa shape index (κ3) is 3.63. The maximum absolute atomic E-state index is 13.1. The second-order valence-electron chi connectivity index (χ2n) is 7.94. The van der Waals surface area contributed by atoms with Crippen molar-refractivity contribution in [2.75, 3.05) is 6.54 Å². The Morgan fingerprint density at radius 2 is 1.77 bits per heavy atom. The Bertz CT molecular complexity index is 669. The van der Waals surface area contributed by atoms with Gasteiger partial charge in [0.05, 0.1) is 6.04 Å². The minimum absolute atomic E-state index is 0.0546. The van der Waals surface area contributed by atoms with Crippen LogP contribution in [0.3, 0.4) is 0 Å². The fourth-order valence-electron chi connectivity index (χ4n) is 4.68. The molecule has 140 valence electrons. The molecule has 0 spiro atoms. The van der Waals surface area contributed by atoms with Gasteiger partial charge in [-0.1, -0.05) is 43.5 Å². The fraction of sp³-hybridized carbons (Fsp3) is 0.619. The van der Waals surface area contributed by atoms with Crippen molar-refractivity contribution in [3.63, 3.8) is 0 Å². The van der Waals surface area contributed by atoms with Gasteiger partial charge in [0.1, 0.15) is 6.04 Å². The number of carbonyl (C=O) groups excluding carboxylic acids is 2. The van der Waals surface area contributed by atoms with Gasteiger partial charge in [0.2, 0.25) is 11.8 Å². The highest BCUT2D eigenvalue weighted by Crippen LogP contribution is 2.24. The van der Waals surface area contributed by atoms with Gasteiger partial charge < -0.3 is 15.5 Å². The number of rotatable bonds is 3. The lowest BCUT2D eigenvalue weighted by atomic mass is 9.94. The van der Waals surface area contributed by atoms with Crippen molar-refractivity contribution in [3.05, 3.63) is 35.4 Å². The summed E-state index contributed by atoms with van der Waals surface area (Å²) in [6.07, 6.45) is 8.23. The van der Waals surface area contributed by atoms with Crippen molar-refractivity contribution in [1.82, 2.24) is 15.5 Å². The largest absolute Gasteiger partial charge is 0.352 e. The second-order valence-corrected chi connectivity index (χ2v) is 7.94. The smallest absolute Gasteiger partial charge is 0.243 e. The Labute approximate surface area is 155 Å². The molecule has 0 aromatic heterocycles. The molecule has 2 aliphatic heterocycles. The number of carbonyl (C=O) groups is 2. The number of amides is 2. The molecule has 5 heteroatoms. The molecule has 5 nitrogen and oxygen atoms in total. The number of benzene rings is 1. The Balaban J connectivity index is 1.39. The number of likely N-dealkylation sites (tertiary alicyclic amines) is 1. The number of hydrogen-bond acceptors (Lipinski definition) is 3. The van der Waals surface area contributed by atoms with Gasteiger partial charge in [-0.3, -0.25) is 9.59 Å². The first kappa shape index (κ1) is 17.5. The van der Waals surface area contributed by atoms with E-state index in [9.17, 15) is 9.59 Å². The monoisotopic (exact) mass is 355 g/mol. The molecule has 1 saturated heterocycles. The molecule has 2 fully saturated rings. The lowest BCUT2D eigenvalue weighted by Gasteiger charge is -2.32. The molecule has 4 rings (SSSR count). The van der Waals surface area contributed by atoms with E-state index in [-0.39, 0.29) is 23.9 Å². The minimum Gasteiger partial charge on any atom is -0.352 e. The lowest BCUT2D eigenvalue weighted by Crippen LogP contribution is -2.55. The maximum atomic E-state index is 13.1. The van der Waals surface area contributed by atoms with Crippen LogP contribution in [0, 0.1) is 0 Å². The average Bonchev–Trinajstić information content (AvgIpc) is 3.18. The van der Waals surface area contributed by atoms with Crippen LogP contribution < -0.4 is 10.6 Å². The number of fused-ring (bicyclic) bond motifs is 1. The Morgan fingerprint density at radius 1 is 1.00 bits per heavy atom. The SMILES string of the molecule is O=C(NC1CCCCC1)[C@H]1CCCN1C(=O)[C@@H]1Cc2ccccc2CN1. The molecular weight excluding hydrogens is 326 g/mol. The molecule has 1 aromatic rings. The van der Waals surface area contributed by atoms with Crippen LogP contribution in [0.15, 0.2) is 24.3 Å². The van der Waals surface area contributed by atoms with Gasteiger partial charge in [-0.25, -0.2) is 0 Å². The summed E-state index contributed by atoms with van der Waals surface area (Å²) in [5, 5.41) is 6.58. The number of nitrogens with one attached hydrogen (secondary N) is 2. The van der Waals surface area contributed by atoms with Crippen molar-refractivity contribution in [2.45, 2.75) is 76.0 Å². The highest BCUT2D eigenvalue weighted by atomic mass is 16.2. The number of nitrogens with zero attached hydrogens (tertiary/aromatic N) is 1. The number of hydrogen-bond donors (Lipinski definition) is 2. The average molecular weight is 355 g/mol. The molecule has 1 aromatic carbocycles.